The Labute approximate surface area is 188 Å². The van der Waals surface area contributed by atoms with Crippen LogP contribution in [-0.2, 0) is 14.8 Å². The summed E-state index contributed by atoms with van der Waals surface area (Å²) in [5.74, 6) is -0.217. The first-order valence-electron chi connectivity index (χ1n) is 9.77. The molecular formula is C22H29N3O6S. The van der Waals surface area contributed by atoms with Crippen molar-refractivity contribution >= 4 is 33.2 Å². The molecule has 0 spiro atoms. The maximum atomic E-state index is 12.8. The summed E-state index contributed by atoms with van der Waals surface area (Å²) < 4.78 is 36.2. The number of anilines is 2. The number of methoxy groups -OCH3 is 2. The van der Waals surface area contributed by atoms with Gasteiger partial charge in [-0.1, -0.05) is 12.1 Å². The molecule has 0 saturated carbocycles. The molecule has 9 nitrogen and oxygen atoms in total. The molecule has 2 aromatic rings. The third-order valence-electron chi connectivity index (χ3n) is 4.28. The van der Waals surface area contributed by atoms with E-state index in [1.807, 2.05) is 20.8 Å². The Bertz CT molecular complexity index is 1090. The number of ether oxygens (including phenoxy) is 2. The molecule has 0 unspecified atom stereocenters. The Morgan fingerprint density at radius 1 is 1.00 bits per heavy atom. The predicted octanol–water partition coefficient (Wildman–Crippen LogP) is 2.64. The van der Waals surface area contributed by atoms with Crippen LogP contribution in [0, 0.1) is 0 Å². The zero-order chi connectivity index (χ0) is 24.1. The smallest absolute Gasteiger partial charge is 0.253 e. The van der Waals surface area contributed by atoms with Crippen LogP contribution in [-0.4, -0.2) is 52.8 Å². The number of benzene rings is 2. The first kappa shape index (κ1) is 25.0. The van der Waals surface area contributed by atoms with Crippen molar-refractivity contribution < 1.29 is 27.5 Å². The molecule has 0 atom stereocenters. The molecule has 0 aromatic heterocycles. The third-order valence-corrected chi connectivity index (χ3v) is 5.42. The van der Waals surface area contributed by atoms with Gasteiger partial charge >= 0.3 is 0 Å². The molecule has 2 amide bonds. The Morgan fingerprint density at radius 3 is 2.19 bits per heavy atom. The molecule has 10 heteroatoms. The fourth-order valence-corrected chi connectivity index (χ4v) is 3.75. The van der Waals surface area contributed by atoms with Crippen LogP contribution in [0.25, 0.3) is 0 Å². The standard InChI is InChI=1S/C22H29N3O6S/c1-22(2,3)24-21(27)16-9-7-8-10-17(16)23-20(26)14-25(32(6,28)29)15-11-12-18(30-4)19(13-15)31-5/h7-13H,14H2,1-6H3,(H,23,26)(H,24,27). The molecule has 0 aliphatic rings. The van der Waals surface area contributed by atoms with E-state index in [9.17, 15) is 18.0 Å². The number of nitrogens with one attached hydrogen (secondary N) is 2. The topological polar surface area (TPSA) is 114 Å². The maximum Gasteiger partial charge on any atom is 0.253 e. The molecule has 32 heavy (non-hydrogen) atoms. The average Bonchev–Trinajstić information content (AvgIpc) is 2.69. The van der Waals surface area contributed by atoms with Crippen LogP contribution in [0.1, 0.15) is 31.1 Å². The molecule has 0 radical (unpaired) electrons. The average molecular weight is 464 g/mol. The Hall–Kier alpha value is -3.27. The van der Waals surface area contributed by atoms with Gasteiger partial charge in [0.25, 0.3) is 5.91 Å². The number of sulfonamides is 1. The highest BCUT2D eigenvalue weighted by molar-refractivity contribution is 7.92. The summed E-state index contributed by atoms with van der Waals surface area (Å²) in [6.45, 7) is 5.04. The number of carbonyl (C=O) groups is 2. The first-order chi connectivity index (χ1) is 14.9. The number of nitrogens with zero attached hydrogens (tertiary/aromatic N) is 1. The normalized spacial score (nSPS) is 11.4. The van der Waals surface area contributed by atoms with Gasteiger partial charge in [-0.05, 0) is 45.0 Å². The van der Waals surface area contributed by atoms with E-state index in [1.165, 1.54) is 26.4 Å². The molecule has 0 bridgehead atoms. The van der Waals surface area contributed by atoms with Gasteiger partial charge < -0.3 is 20.1 Å². The van der Waals surface area contributed by atoms with Crippen LogP contribution in [0.5, 0.6) is 11.5 Å². The molecule has 0 saturated heterocycles. The lowest BCUT2D eigenvalue weighted by Crippen LogP contribution is -2.41. The van der Waals surface area contributed by atoms with Crippen molar-refractivity contribution in [1.82, 2.24) is 5.32 Å². The summed E-state index contributed by atoms with van der Waals surface area (Å²) in [4.78, 5) is 25.4. The minimum Gasteiger partial charge on any atom is -0.493 e. The number of carbonyl (C=O) groups excluding carboxylic acids is 2. The summed E-state index contributed by atoms with van der Waals surface area (Å²) in [5.41, 5.74) is 0.321. The zero-order valence-corrected chi connectivity index (χ0v) is 19.9. The molecule has 0 aliphatic heterocycles. The highest BCUT2D eigenvalue weighted by atomic mass is 32.2. The second kappa shape index (κ2) is 9.90. The summed E-state index contributed by atoms with van der Waals surface area (Å²) >= 11 is 0. The monoisotopic (exact) mass is 463 g/mol. The van der Waals surface area contributed by atoms with Crippen LogP contribution in [0.3, 0.4) is 0 Å². The zero-order valence-electron chi connectivity index (χ0n) is 19.1. The van der Waals surface area contributed by atoms with Gasteiger partial charge in [0.05, 0.1) is 37.4 Å². The highest BCUT2D eigenvalue weighted by Crippen LogP contribution is 2.32. The van der Waals surface area contributed by atoms with Gasteiger partial charge in [-0.3, -0.25) is 13.9 Å². The Morgan fingerprint density at radius 2 is 1.62 bits per heavy atom. The van der Waals surface area contributed by atoms with Gasteiger partial charge in [0.1, 0.15) is 6.54 Å². The van der Waals surface area contributed by atoms with Crippen LogP contribution in [0.4, 0.5) is 11.4 Å². The fourth-order valence-electron chi connectivity index (χ4n) is 2.90. The van der Waals surface area contributed by atoms with E-state index < -0.39 is 28.0 Å². The van der Waals surface area contributed by atoms with E-state index >= 15 is 0 Å². The van der Waals surface area contributed by atoms with Crippen LogP contribution < -0.4 is 24.4 Å². The lowest BCUT2D eigenvalue weighted by atomic mass is 10.1. The molecule has 2 N–H and O–H groups in total. The number of amides is 2. The second-order valence-corrected chi connectivity index (χ2v) is 10.0. The molecule has 174 valence electrons. The largest absolute Gasteiger partial charge is 0.493 e. The van der Waals surface area contributed by atoms with Crippen molar-refractivity contribution in [3.63, 3.8) is 0 Å². The molecule has 0 aliphatic carbocycles. The van der Waals surface area contributed by atoms with E-state index in [0.717, 1.165) is 10.6 Å². The summed E-state index contributed by atoms with van der Waals surface area (Å²) in [6.07, 6.45) is 1.00. The van der Waals surface area contributed by atoms with Crippen molar-refractivity contribution in [2.45, 2.75) is 26.3 Å². The minimum absolute atomic E-state index is 0.235. The summed E-state index contributed by atoms with van der Waals surface area (Å²) in [7, 11) is -0.909. The molecular weight excluding hydrogens is 434 g/mol. The van der Waals surface area contributed by atoms with Crippen LogP contribution in [0.2, 0.25) is 0 Å². The molecule has 2 rings (SSSR count). The van der Waals surface area contributed by atoms with E-state index in [0.29, 0.717) is 11.5 Å². The van der Waals surface area contributed by atoms with Gasteiger partial charge in [-0.15, -0.1) is 0 Å². The van der Waals surface area contributed by atoms with E-state index in [1.54, 1.807) is 30.3 Å². The van der Waals surface area contributed by atoms with Crippen LogP contribution >= 0.6 is 0 Å². The summed E-state index contributed by atoms with van der Waals surface area (Å²) in [6, 6.07) is 11.1. The van der Waals surface area contributed by atoms with Crippen molar-refractivity contribution in [2.24, 2.45) is 0 Å². The quantitative estimate of drug-likeness (QED) is 0.622. The van der Waals surface area contributed by atoms with Crippen molar-refractivity contribution in [2.75, 3.05) is 36.6 Å². The fraction of sp³-hybridized carbons (Fsp3) is 0.364. The van der Waals surface area contributed by atoms with Gasteiger partial charge in [-0.2, -0.15) is 0 Å². The number of rotatable bonds is 8. The van der Waals surface area contributed by atoms with E-state index in [4.69, 9.17) is 9.47 Å². The number of hydrogen-bond acceptors (Lipinski definition) is 6. The lowest BCUT2D eigenvalue weighted by molar-refractivity contribution is -0.114. The number of hydrogen-bond donors (Lipinski definition) is 2. The molecule has 0 heterocycles. The molecule has 0 fully saturated rings. The van der Waals surface area contributed by atoms with Gasteiger partial charge in [0, 0.05) is 11.6 Å². The van der Waals surface area contributed by atoms with E-state index in [-0.39, 0.29) is 22.8 Å². The van der Waals surface area contributed by atoms with Crippen LogP contribution in [0.15, 0.2) is 42.5 Å². The SMILES string of the molecule is COc1ccc(N(CC(=O)Nc2ccccc2C(=O)NC(C)(C)C)S(C)(=O)=O)cc1OC. The molecule has 2 aromatic carbocycles. The van der Waals surface area contributed by atoms with Crippen molar-refractivity contribution in [3.8, 4) is 11.5 Å². The van der Waals surface area contributed by atoms with Gasteiger partial charge in [0.15, 0.2) is 11.5 Å². The summed E-state index contributed by atoms with van der Waals surface area (Å²) in [5, 5.41) is 5.48. The Balaban J connectivity index is 2.30. The highest BCUT2D eigenvalue weighted by Gasteiger charge is 2.24. The van der Waals surface area contributed by atoms with Crippen molar-refractivity contribution in [1.29, 1.82) is 0 Å². The second-order valence-electron chi connectivity index (χ2n) is 8.11. The Kier molecular flexibility index (Phi) is 7.73. The predicted molar refractivity (Wildman–Crippen MR) is 124 cm³/mol. The lowest BCUT2D eigenvalue weighted by Gasteiger charge is -2.24. The van der Waals surface area contributed by atoms with Gasteiger partial charge in [-0.25, -0.2) is 8.42 Å². The first-order valence-corrected chi connectivity index (χ1v) is 11.6. The van der Waals surface area contributed by atoms with Gasteiger partial charge in [0.2, 0.25) is 15.9 Å². The maximum absolute atomic E-state index is 12.8. The van der Waals surface area contributed by atoms with E-state index in [2.05, 4.69) is 10.6 Å². The number of para-hydroxylation sites is 1. The third kappa shape index (κ3) is 6.61. The minimum atomic E-state index is -3.80. The van der Waals surface area contributed by atoms with Crippen molar-refractivity contribution in [3.05, 3.63) is 48.0 Å².